The Morgan fingerprint density at radius 3 is 2.76 bits per heavy atom. The number of allylic oxidation sites excluding steroid dienone is 1. The van der Waals surface area contributed by atoms with E-state index < -0.39 is 0 Å². The summed E-state index contributed by atoms with van der Waals surface area (Å²) in [5, 5.41) is 1.64. The second-order valence-corrected chi connectivity index (χ2v) is 5.20. The first-order chi connectivity index (χ1) is 8.15. The summed E-state index contributed by atoms with van der Waals surface area (Å²) >= 11 is 0.800. The molecular formula is C13H10NO2Tl. The normalized spacial score (nSPS) is 16.2. The second-order valence-electron chi connectivity index (χ2n) is 3.71. The predicted octanol–water partition coefficient (Wildman–Crippen LogP) is -0.458. The van der Waals surface area contributed by atoms with E-state index in [1.165, 1.54) is 13.1 Å². The predicted molar refractivity (Wildman–Crippen MR) is 66.6 cm³/mol. The first kappa shape index (κ1) is 12.2. The Morgan fingerprint density at radius 2 is 2.06 bits per heavy atom. The Bertz CT molecular complexity index is 631. The van der Waals surface area contributed by atoms with E-state index in [1.54, 1.807) is 6.07 Å². The van der Waals surface area contributed by atoms with Gasteiger partial charge in [0.2, 0.25) is 0 Å². The van der Waals surface area contributed by atoms with Crippen LogP contribution in [0.2, 0.25) is 0 Å². The van der Waals surface area contributed by atoms with Crippen molar-refractivity contribution in [3.05, 3.63) is 43.9 Å². The fourth-order valence-electron chi connectivity index (χ4n) is 1.74. The molecule has 1 aliphatic heterocycles. The van der Waals surface area contributed by atoms with Gasteiger partial charge in [-0.05, 0) is 0 Å². The third-order valence-corrected chi connectivity index (χ3v) is 3.52. The van der Waals surface area contributed by atoms with Crippen LogP contribution < -0.4 is 10.4 Å². The number of carbonyl (C=O) groups is 2. The molecule has 0 radical (unpaired) electrons. The zero-order valence-corrected chi connectivity index (χ0v) is 13.9. The average Bonchev–Trinajstić information content (AvgIpc) is 2.34. The van der Waals surface area contributed by atoms with Crippen LogP contribution in [0.25, 0.3) is 12.2 Å². The third kappa shape index (κ3) is 2.24. The molecule has 0 aliphatic carbocycles. The number of carbonyl (C=O) groups excluding carboxylic acids is 2. The van der Waals surface area contributed by atoms with Crippen LogP contribution in [-0.2, 0) is 4.79 Å². The van der Waals surface area contributed by atoms with Crippen molar-refractivity contribution in [2.24, 2.45) is 0 Å². The summed E-state index contributed by atoms with van der Waals surface area (Å²) in [5.74, 6) is -0.500. The van der Waals surface area contributed by atoms with Crippen molar-refractivity contribution in [3.63, 3.8) is 0 Å². The molecule has 1 aromatic rings. The van der Waals surface area contributed by atoms with Gasteiger partial charge in [-0.2, -0.15) is 0 Å². The molecule has 0 atom stereocenters. The van der Waals surface area contributed by atoms with Crippen molar-refractivity contribution < 1.29 is 9.59 Å². The van der Waals surface area contributed by atoms with Crippen molar-refractivity contribution in [2.45, 2.75) is 0 Å². The van der Waals surface area contributed by atoms with E-state index in [0.29, 0.717) is 5.56 Å². The Balaban J connectivity index is 2.79. The van der Waals surface area contributed by atoms with Crippen LogP contribution >= 0.6 is 0 Å². The minimum absolute atomic E-state index is 0.237. The molecular weight excluding hydrogens is 407 g/mol. The Labute approximate surface area is 115 Å². The van der Waals surface area contributed by atoms with Crippen molar-refractivity contribution >= 4 is 49.7 Å². The molecule has 1 aromatic carbocycles. The van der Waals surface area contributed by atoms with Crippen LogP contribution in [-0.4, -0.2) is 49.5 Å². The molecule has 1 aliphatic rings. The molecule has 1 heterocycles. The van der Waals surface area contributed by atoms with Crippen LogP contribution in [0, 0.1) is 0 Å². The van der Waals surface area contributed by atoms with E-state index in [4.69, 9.17) is 0 Å². The first-order valence-corrected chi connectivity index (χ1v) is 7.75. The molecule has 0 N–H and O–H groups in total. The number of fused-ring (bicyclic) bond motifs is 1. The number of rotatable bonds is 1. The van der Waals surface area contributed by atoms with Gasteiger partial charge in [-0.15, -0.1) is 0 Å². The summed E-state index contributed by atoms with van der Waals surface area (Å²) < 4.78 is 2.07. The molecule has 0 saturated heterocycles. The fraction of sp³-hybridized carbons (Fsp3) is 0.0769. The van der Waals surface area contributed by atoms with Gasteiger partial charge >= 0.3 is 115 Å². The van der Waals surface area contributed by atoms with Gasteiger partial charge in [0.1, 0.15) is 0 Å². The molecule has 0 unspecified atom stereocenters. The topological polar surface area (TPSA) is 37.4 Å². The Kier molecular flexibility index (Phi) is 3.56. The van der Waals surface area contributed by atoms with Crippen LogP contribution in [0.1, 0.15) is 10.4 Å². The van der Waals surface area contributed by atoms with E-state index in [2.05, 4.69) is 3.64 Å². The monoisotopic (exact) mass is 417 g/mol. The van der Waals surface area contributed by atoms with Crippen LogP contribution in [0.15, 0.2) is 27.9 Å². The van der Waals surface area contributed by atoms with Gasteiger partial charge in [0.15, 0.2) is 0 Å². The molecule has 0 bridgehead atoms. The van der Waals surface area contributed by atoms with Crippen molar-refractivity contribution in [2.75, 3.05) is 7.05 Å². The molecule has 4 heteroatoms. The second kappa shape index (κ2) is 4.95. The molecule has 2 rings (SSSR count). The van der Waals surface area contributed by atoms with Crippen LogP contribution in [0.5, 0.6) is 0 Å². The molecule has 0 aromatic heterocycles. The van der Waals surface area contributed by atoms with Crippen molar-refractivity contribution in [3.8, 4) is 0 Å². The van der Waals surface area contributed by atoms with Crippen molar-refractivity contribution in [1.82, 2.24) is 4.90 Å². The number of hydrogen-bond donors (Lipinski definition) is 0. The number of imide groups is 1. The summed E-state index contributed by atoms with van der Waals surface area (Å²) in [6, 6.07) is 5.50. The molecule has 82 valence electrons. The molecule has 2 amide bonds. The maximum absolute atomic E-state index is 11.9. The summed E-state index contributed by atoms with van der Waals surface area (Å²) in [7, 11) is 1.50. The first-order valence-electron chi connectivity index (χ1n) is 5.16. The number of benzene rings is 1. The number of hydrogen-bond acceptors (Lipinski definition) is 2. The van der Waals surface area contributed by atoms with Gasteiger partial charge in [0, 0.05) is 0 Å². The molecule has 0 saturated carbocycles. The summed E-state index contributed by atoms with van der Waals surface area (Å²) in [5.41, 5.74) is 0.588. The molecule has 3 nitrogen and oxygen atoms in total. The molecule has 0 spiro atoms. The Morgan fingerprint density at radius 1 is 1.29 bits per heavy atom. The summed E-state index contributed by atoms with van der Waals surface area (Å²) in [6.45, 7) is 0. The third-order valence-electron chi connectivity index (χ3n) is 2.66. The standard InChI is InChI=1S/C13H10NO2.Tl/c1-3-5-9-6-4-7-10-11(9)8-12(15)14(2)13(10)16;/h1,3-8H,2H3;/b3-1?,9-5-;. The molecule has 17 heavy (non-hydrogen) atoms. The minimum atomic E-state index is -0.264. The zero-order chi connectivity index (χ0) is 12.4. The van der Waals surface area contributed by atoms with Gasteiger partial charge in [-0.3, -0.25) is 0 Å². The average molecular weight is 417 g/mol. The zero-order valence-electron chi connectivity index (χ0n) is 9.38. The number of amides is 2. The summed E-state index contributed by atoms with van der Waals surface area (Å²) in [6.07, 6.45) is 5.41. The van der Waals surface area contributed by atoms with E-state index >= 15 is 0 Å². The van der Waals surface area contributed by atoms with E-state index in [1.807, 2.05) is 24.3 Å². The fourth-order valence-corrected chi connectivity index (χ4v) is 2.17. The van der Waals surface area contributed by atoms with E-state index in [-0.39, 0.29) is 11.8 Å². The van der Waals surface area contributed by atoms with E-state index in [9.17, 15) is 9.59 Å². The van der Waals surface area contributed by atoms with Gasteiger partial charge in [0.05, 0.1) is 0 Å². The summed E-state index contributed by atoms with van der Waals surface area (Å²) in [4.78, 5) is 24.7. The SMILES string of the molecule is CN1C(=O)C=c2c(ccc/c2=C/C=[CH]\[Tl])C1=O. The van der Waals surface area contributed by atoms with Crippen LogP contribution in [0.4, 0.5) is 0 Å². The van der Waals surface area contributed by atoms with Crippen LogP contribution in [0.3, 0.4) is 0 Å². The van der Waals surface area contributed by atoms with Gasteiger partial charge in [-0.25, -0.2) is 0 Å². The van der Waals surface area contributed by atoms with Gasteiger partial charge in [-0.1, -0.05) is 0 Å². The number of nitrogens with zero attached hydrogens (tertiary/aromatic N) is 1. The van der Waals surface area contributed by atoms with Crippen molar-refractivity contribution in [1.29, 1.82) is 0 Å². The van der Waals surface area contributed by atoms with Gasteiger partial charge in [0.25, 0.3) is 0 Å². The van der Waals surface area contributed by atoms with E-state index in [0.717, 1.165) is 41.1 Å². The quantitative estimate of drug-likeness (QED) is 0.459. The maximum atomic E-state index is 11.9. The molecule has 0 fully saturated rings. The Hall–Kier alpha value is -1.24. The van der Waals surface area contributed by atoms with Gasteiger partial charge < -0.3 is 0 Å².